The molecule has 0 saturated heterocycles. The molecule has 0 heterocycles. The maximum absolute atomic E-state index is 5.73. The Hall–Kier alpha value is -1.02. The molecule has 0 spiro atoms. The number of hydrogen-bond acceptors (Lipinski definition) is 2. The van der Waals surface area contributed by atoms with E-state index in [4.69, 9.17) is 10.5 Å². The van der Waals surface area contributed by atoms with Crippen LogP contribution in [0.1, 0.15) is 25.8 Å². The van der Waals surface area contributed by atoms with Gasteiger partial charge in [-0.05, 0) is 37.5 Å². The number of rotatable bonds is 5. The molecule has 0 radical (unpaired) electrons. The molecule has 0 aromatic heterocycles. The van der Waals surface area contributed by atoms with E-state index in [9.17, 15) is 0 Å². The standard InChI is InChI=1S/C12H19NO/c1-3-7-14-12-6-4-5-11(9-12)8-10(2)13/h4-6,9-10H,3,7-8,13H2,1-2H3. The summed E-state index contributed by atoms with van der Waals surface area (Å²) in [5.74, 6) is 0.949. The zero-order valence-electron chi connectivity index (χ0n) is 8.99. The van der Waals surface area contributed by atoms with Crippen molar-refractivity contribution in [3.05, 3.63) is 29.8 Å². The Kier molecular flexibility index (Phi) is 4.47. The van der Waals surface area contributed by atoms with Gasteiger partial charge in [-0.15, -0.1) is 0 Å². The zero-order valence-corrected chi connectivity index (χ0v) is 8.99. The molecule has 1 aromatic rings. The van der Waals surface area contributed by atoms with Crippen LogP contribution < -0.4 is 10.5 Å². The molecule has 1 aromatic carbocycles. The molecule has 1 rings (SSSR count). The molecule has 1 atom stereocenters. The van der Waals surface area contributed by atoms with Gasteiger partial charge in [0.15, 0.2) is 0 Å². The Morgan fingerprint density at radius 1 is 1.43 bits per heavy atom. The van der Waals surface area contributed by atoms with Crippen molar-refractivity contribution in [3.63, 3.8) is 0 Å². The lowest BCUT2D eigenvalue weighted by molar-refractivity contribution is 0.317. The van der Waals surface area contributed by atoms with E-state index in [2.05, 4.69) is 19.1 Å². The summed E-state index contributed by atoms with van der Waals surface area (Å²) in [5, 5.41) is 0. The summed E-state index contributed by atoms with van der Waals surface area (Å²) in [7, 11) is 0. The van der Waals surface area contributed by atoms with E-state index < -0.39 is 0 Å². The van der Waals surface area contributed by atoms with Gasteiger partial charge in [-0.1, -0.05) is 19.1 Å². The minimum absolute atomic E-state index is 0.205. The van der Waals surface area contributed by atoms with Gasteiger partial charge in [0.1, 0.15) is 5.75 Å². The van der Waals surface area contributed by atoms with Crippen LogP contribution in [0.25, 0.3) is 0 Å². The van der Waals surface area contributed by atoms with Crippen LogP contribution >= 0.6 is 0 Å². The highest BCUT2D eigenvalue weighted by molar-refractivity contribution is 5.28. The van der Waals surface area contributed by atoms with Gasteiger partial charge in [0, 0.05) is 6.04 Å². The van der Waals surface area contributed by atoms with Gasteiger partial charge in [-0.2, -0.15) is 0 Å². The lowest BCUT2D eigenvalue weighted by Crippen LogP contribution is -2.17. The third-order valence-electron chi connectivity index (χ3n) is 1.93. The Balaban J connectivity index is 2.59. The summed E-state index contributed by atoms with van der Waals surface area (Å²) in [6, 6.07) is 8.36. The Morgan fingerprint density at radius 2 is 2.21 bits per heavy atom. The molecule has 0 fully saturated rings. The molecule has 2 nitrogen and oxygen atoms in total. The summed E-state index contributed by atoms with van der Waals surface area (Å²) in [6.45, 7) is 4.90. The largest absolute Gasteiger partial charge is 0.494 e. The fourth-order valence-corrected chi connectivity index (χ4v) is 1.35. The van der Waals surface area contributed by atoms with Gasteiger partial charge in [0.25, 0.3) is 0 Å². The third-order valence-corrected chi connectivity index (χ3v) is 1.93. The summed E-state index contributed by atoms with van der Waals surface area (Å²) in [5.41, 5.74) is 6.98. The second-order valence-corrected chi connectivity index (χ2v) is 3.68. The number of benzene rings is 1. The first-order valence-corrected chi connectivity index (χ1v) is 5.19. The fourth-order valence-electron chi connectivity index (χ4n) is 1.35. The molecule has 1 unspecified atom stereocenters. The highest BCUT2D eigenvalue weighted by atomic mass is 16.5. The molecule has 0 aliphatic carbocycles. The smallest absolute Gasteiger partial charge is 0.119 e. The van der Waals surface area contributed by atoms with Crippen LogP contribution in [-0.2, 0) is 6.42 Å². The van der Waals surface area contributed by atoms with Crippen molar-refractivity contribution in [1.29, 1.82) is 0 Å². The normalized spacial score (nSPS) is 12.5. The monoisotopic (exact) mass is 193 g/mol. The van der Waals surface area contributed by atoms with Crippen LogP contribution in [0.2, 0.25) is 0 Å². The van der Waals surface area contributed by atoms with Gasteiger partial charge >= 0.3 is 0 Å². The summed E-state index contributed by atoms with van der Waals surface area (Å²) in [4.78, 5) is 0. The van der Waals surface area contributed by atoms with Crippen molar-refractivity contribution in [2.45, 2.75) is 32.7 Å². The fraction of sp³-hybridized carbons (Fsp3) is 0.500. The molecular formula is C12H19NO. The first-order valence-electron chi connectivity index (χ1n) is 5.19. The van der Waals surface area contributed by atoms with E-state index in [1.54, 1.807) is 0 Å². The first kappa shape index (κ1) is 11.1. The van der Waals surface area contributed by atoms with Crippen molar-refractivity contribution in [3.8, 4) is 5.75 Å². The maximum Gasteiger partial charge on any atom is 0.119 e. The van der Waals surface area contributed by atoms with Crippen LogP contribution in [0.3, 0.4) is 0 Å². The molecule has 14 heavy (non-hydrogen) atoms. The number of ether oxygens (including phenoxy) is 1. The summed E-state index contributed by atoms with van der Waals surface area (Å²) < 4.78 is 5.54. The zero-order chi connectivity index (χ0) is 10.4. The minimum Gasteiger partial charge on any atom is -0.494 e. The van der Waals surface area contributed by atoms with Crippen molar-refractivity contribution < 1.29 is 4.74 Å². The maximum atomic E-state index is 5.73. The van der Waals surface area contributed by atoms with E-state index >= 15 is 0 Å². The second kappa shape index (κ2) is 5.66. The number of nitrogens with two attached hydrogens (primary N) is 1. The van der Waals surface area contributed by atoms with E-state index in [-0.39, 0.29) is 6.04 Å². The first-order chi connectivity index (χ1) is 6.72. The van der Waals surface area contributed by atoms with Gasteiger partial charge in [0.05, 0.1) is 6.61 Å². The van der Waals surface area contributed by atoms with Crippen LogP contribution in [0, 0.1) is 0 Å². The minimum atomic E-state index is 0.205. The molecule has 0 amide bonds. The molecular weight excluding hydrogens is 174 g/mol. The van der Waals surface area contributed by atoms with Crippen molar-refractivity contribution in [2.75, 3.05) is 6.61 Å². The molecule has 0 aliphatic rings. The van der Waals surface area contributed by atoms with E-state index in [1.807, 2.05) is 19.1 Å². The highest BCUT2D eigenvalue weighted by Crippen LogP contribution is 2.14. The average Bonchev–Trinajstić information content (AvgIpc) is 2.14. The molecule has 0 saturated carbocycles. The molecule has 0 bridgehead atoms. The van der Waals surface area contributed by atoms with Crippen molar-refractivity contribution >= 4 is 0 Å². The van der Waals surface area contributed by atoms with Gasteiger partial charge in [0.2, 0.25) is 0 Å². The van der Waals surface area contributed by atoms with Crippen LogP contribution in [0.4, 0.5) is 0 Å². The molecule has 2 N–H and O–H groups in total. The number of hydrogen-bond donors (Lipinski definition) is 1. The van der Waals surface area contributed by atoms with E-state index in [0.717, 1.165) is 25.2 Å². The SMILES string of the molecule is CCCOc1cccc(CC(C)N)c1. The third kappa shape index (κ3) is 3.79. The Labute approximate surface area is 86.1 Å². The van der Waals surface area contributed by atoms with Crippen LogP contribution in [-0.4, -0.2) is 12.6 Å². The summed E-state index contributed by atoms with van der Waals surface area (Å²) in [6.07, 6.45) is 1.95. The topological polar surface area (TPSA) is 35.2 Å². The van der Waals surface area contributed by atoms with Gasteiger partial charge in [-0.25, -0.2) is 0 Å². The average molecular weight is 193 g/mol. The highest BCUT2D eigenvalue weighted by Gasteiger charge is 1.99. The Morgan fingerprint density at radius 3 is 2.86 bits per heavy atom. The van der Waals surface area contributed by atoms with Crippen molar-refractivity contribution in [2.24, 2.45) is 5.73 Å². The lowest BCUT2D eigenvalue weighted by Gasteiger charge is -2.08. The van der Waals surface area contributed by atoms with Gasteiger partial charge in [-0.3, -0.25) is 0 Å². The Bertz CT molecular complexity index is 271. The lowest BCUT2D eigenvalue weighted by atomic mass is 10.1. The predicted octanol–water partition coefficient (Wildman–Crippen LogP) is 2.37. The van der Waals surface area contributed by atoms with Crippen molar-refractivity contribution in [1.82, 2.24) is 0 Å². The summed E-state index contributed by atoms with van der Waals surface area (Å²) >= 11 is 0. The van der Waals surface area contributed by atoms with Crippen LogP contribution in [0.15, 0.2) is 24.3 Å². The van der Waals surface area contributed by atoms with Crippen LogP contribution in [0.5, 0.6) is 5.75 Å². The quantitative estimate of drug-likeness (QED) is 0.779. The molecule has 78 valence electrons. The molecule has 0 aliphatic heterocycles. The molecule has 2 heteroatoms. The van der Waals surface area contributed by atoms with Gasteiger partial charge < -0.3 is 10.5 Å². The van der Waals surface area contributed by atoms with E-state index in [1.165, 1.54) is 5.56 Å². The second-order valence-electron chi connectivity index (χ2n) is 3.68. The van der Waals surface area contributed by atoms with E-state index in [0.29, 0.717) is 0 Å². The predicted molar refractivity (Wildman–Crippen MR) is 59.6 cm³/mol.